The molecule has 7 heteroatoms. The first-order valence-corrected chi connectivity index (χ1v) is 9.38. The molecule has 0 radical (unpaired) electrons. The van der Waals surface area contributed by atoms with Crippen molar-refractivity contribution in [2.75, 3.05) is 14.1 Å². The fraction of sp³-hybridized carbons (Fsp3) is 0.130. The Morgan fingerprint density at radius 3 is 2.37 bits per heavy atom. The van der Waals surface area contributed by atoms with Crippen LogP contribution in [0.2, 0.25) is 0 Å². The van der Waals surface area contributed by atoms with Crippen LogP contribution in [0.15, 0.2) is 71.5 Å². The van der Waals surface area contributed by atoms with Crippen LogP contribution in [0, 0.1) is 0 Å². The number of carbonyl (C=O) groups is 1. The Morgan fingerprint density at radius 2 is 1.70 bits per heavy atom. The maximum absolute atomic E-state index is 12.1. The van der Waals surface area contributed by atoms with E-state index in [0.717, 1.165) is 16.7 Å². The van der Waals surface area contributed by atoms with E-state index < -0.39 is 0 Å². The third-order valence-electron chi connectivity index (χ3n) is 4.65. The molecule has 0 saturated heterocycles. The minimum atomic E-state index is -0.0754. The van der Waals surface area contributed by atoms with E-state index >= 15 is 0 Å². The number of aromatic nitrogens is 3. The second-order valence-electron chi connectivity index (χ2n) is 6.97. The van der Waals surface area contributed by atoms with Gasteiger partial charge in [0.15, 0.2) is 5.76 Å². The molecule has 150 valence electrons. The standard InChI is InChI=1S/C23H21N5O2/c1-28(2)23(29)18-9-7-17(8-10-18)20-13-25-14-21(26-20)22-11-19(27-30-22)16-5-3-15(12-24)4-6-16/h3-11,13-14H,12,24H2,1-2H3/i14D. The topological polar surface area (TPSA) is 98.1 Å². The molecular weight excluding hydrogens is 378 g/mol. The minimum Gasteiger partial charge on any atom is -0.354 e. The molecule has 7 nitrogen and oxygen atoms in total. The van der Waals surface area contributed by atoms with Crippen molar-refractivity contribution in [3.05, 3.63) is 78.1 Å². The fourth-order valence-electron chi connectivity index (χ4n) is 2.95. The number of hydrogen-bond acceptors (Lipinski definition) is 6. The number of carbonyl (C=O) groups excluding carboxylic acids is 1. The molecule has 0 aliphatic carbocycles. The average molecular weight is 400 g/mol. The molecule has 0 bridgehead atoms. The molecule has 0 unspecified atom stereocenters. The zero-order valence-electron chi connectivity index (χ0n) is 17.7. The monoisotopic (exact) mass is 400 g/mol. The summed E-state index contributed by atoms with van der Waals surface area (Å²) in [4.78, 5) is 22.3. The highest BCUT2D eigenvalue weighted by Gasteiger charge is 2.13. The zero-order valence-corrected chi connectivity index (χ0v) is 16.7. The van der Waals surface area contributed by atoms with Crippen molar-refractivity contribution in [3.63, 3.8) is 0 Å². The molecule has 4 aromatic rings. The van der Waals surface area contributed by atoms with Crippen LogP contribution < -0.4 is 5.73 Å². The van der Waals surface area contributed by atoms with Gasteiger partial charge in [-0.1, -0.05) is 41.6 Å². The van der Waals surface area contributed by atoms with Gasteiger partial charge in [-0.3, -0.25) is 9.78 Å². The van der Waals surface area contributed by atoms with Crippen LogP contribution >= 0.6 is 0 Å². The Labute approximate surface area is 175 Å². The molecule has 0 aliphatic heterocycles. The number of nitrogens with zero attached hydrogens (tertiary/aromatic N) is 4. The maximum atomic E-state index is 12.1. The lowest BCUT2D eigenvalue weighted by Crippen LogP contribution is -2.21. The zero-order chi connectivity index (χ0) is 22.0. The second kappa shape index (κ2) is 8.26. The summed E-state index contributed by atoms with van der Waals surface area (Å²) in [5.74, 6) is 0.283. The first kappa shape index (κ1) is 18.2. The highest BCUT2D eigenvalue weighted by atomic mass is 16.5. The molecule has 4 rings (SSSR count). The molecule has 0 aliphatic rings. The molecule has 2 aromatic heterocycles. The van der Waals surface area contributed by atoms with Crippen molar-refractivity contribution < 1.29 is 10.7 Å². The predicted octanol–water partition coefficient (Wildman–Crippen LogP) is 3.63. The predicted molar refractivity (Wildman–Crippen MR) is 114 cm³/mol. The van der Waals surface area contributed by atoms with Gasteiger partial charge in [0.05, 0.1) is 19.4 Å². The Hall–Kier alpha value is -3.84. The summed E-state index contributed by atoms with van der Waals surface area (Å²) in [5.41, 5.74) is 10.4. The second-order valence-corrected chi connectivity index (χ2v) is 6.97. The quantitative estimate of drug-likeness (QED) is 0.549. The Balaban J connectivity index is 1.64. The summed E-state index contributed by atoms with van der Waals surface area (Å²) in [6.45, 7) is 0.471. The van der Waals surface area contributed by atoms with Crippen molar-refractivity contribution in [2.45, 2.75) is 6.54 Å². The fourth-order valence-corrected chi connectivity index (χ4v) is 2.95. The molecular formula is C23H21N5O2. The van der Waals surface area contributed by atoms with Crippen molar-refractivity contribution in [1.29, 1.82) is 0 Å². The Bertz CT molecular complexity index is 1220. The molecule has 30 heavy (non-hydrogen) atoms. The SMILES string of the molecule is [2H]c1ncc(-c2ccc(C(=O)N(C)C)cc2)nc1-c1cc(-c2ccc(CN)cc2)no1. The van der Waals surface area contributed by atoms with Crippen molar-refractivity contribution in [1.82, 2.24) is 20.0 Å². The van der Waals surface area contributed by atoms with E-state index in [1.807, 2.05) is 24.3 Å². The summed E-state index contributed by atoms with van der Waals surface area (Å²) < 4.78 is 13.6. The average Bonchev–Trinajstić information content (AvgIpc) is 3.29. The van der Waals surface area contributed by atoms with E-state index in [2.05, 4.69) is 15.1 Å². The van der Waals surface area contributed by atoms with Crippen molar-refractivity contribution >= 4 is 5.91 Å². The molecule has 0 atom stereocenters. The summed E-state index contributed by atoms with van der Waals surface area (Å²) in [6, 6.07) is 16.5. The third kappa shape index (κ3) is 3.97. The molecule has 0 saturated carbocycles. The normalized spacial score (nSPS) is 11.2. The number of amides is 1. The van der Waals surface area contributed by atoms with E-state index in [4.69, 9.17) is 11.6 Å². The lowest BCUT2D eigenvalue weighted by molar-refractivity contribution is 0.0827. The van der Waals surface area contributed by atoms with E-state index in [0.29, 0.717) is 35.0 Å². The van der Waals surface area contributed by atoms with Crippen LogP contribution in [0.1, 0.15) is 17.3 Å². The molecule has 0 fully saturated rings. The lowest BCUT2D eigenvalue weighted by atomic mass is 10.1. The van der Waals surface area contributed by atoms with Crippen molar-refractivity contribution in [3.8, 4) is 34.0 Å². The van der Waals surface area contributed by atoms with E-state index in [1.165, 1.54) is 11.1 Å². The van der Waals surface area contributed by atoms with Crippen LogP contribution in [0.4, 0.5) is 0 Å². The molecule has 2 heterocycles. The number of nitrogens with two attached hydrogens (primary N) is 1. The van der Waals surface area contributed by atoms with Gasteiger partial charge in [0, 0.05) is 43.4 Å². The van der Waals surface area contributed by atoms with Gasteiger partial charge in [0.2, 0.25) is 0 Å². The van der Waals surface area contributed by atoms with Gasteiger partial charge in [-0.05, 0) is 17.7 Å². The summed E-state index contributed by atoms with van der Waals surface area (Å²) >= 11 is 0. The molecule has 2 aromatic carbocycles. The van der Waals surface area contributed by atoms with Crippen LogP contribution in [0.25, 0.3) is 34.0 Å². The van der Waals surface area contributed by atoms with Crippen LogP contribution in [-0.2, 0) is 6.54 Å². The highest BCUT2D eigenvalue weighted by Crippen LogP contribution is 2.26. The van der Waals surface area contributed by atoms with Crippen LogP contribution in [0.5, 0.6) is 0 Å². The van der Waals surface area contributed by atoms with Gasteiger partial charge in [-0.2, -0.15) is 0 Å². The van der Waals surface area contributed by atoms with Gasteiger partial charge >= 0.3 is 0 Å². The molecule has 2 N–H and O–H groups in total. The van der Waals surface area contributed by atoms with E-state index in [1.54, 1.807) is 44.4 Å². The summed E-state index contributed by atoms with van der Waals surface area (Å²) in [7, 11) is 3.42. The van der Waals surface area contributed by atoms with Crippen LogP contribution in [0.3, 0.4) is 0 Å². The third-order valence-corrected chi connectivity index (χ3v) is 4.65. The number of rotatable bonds is 5. The lowest BCUT2D eigenvalue weighted by Gasteiger charge is -2.10. The first-order chi connectivity index (χ1) is 15.0. The Kier molecular flexibility index (Phi) is 5.01. The summed E-state index contributed by atoms with van der Waals surface area (Å²) in [6.07, 6.45) is 1.52. The highest BCUT2D eigenvalue weighted by molar-refractivity contribution is 5.94. The first-order valence-electron chi connectivity index (χ1n) is 9.88. The van der Waals surface area contributed by atoms with Crippen LogP contribution in [-0.4, -0.2) is 40.0 Å². The van der Waals surface area contributed by atoms with Gasteiger partial charge in [0.1, 0.15) is 11.4 Å². The van der Waals surface area contributed by atoms with Gasteiger partial charge in [-0.15, -0.1) is 0 Å². The molecule has 1 amide bonds. The van der Waals surface area contributed by atoms with Gasteiger partial charge in [0.25, 0.3) is 5.91 Å². The number of benzene rings is 2. The number of hydrogen-bond donors (Lipinski definition) is 1. The largest absolute Gasteiger partial charge is 0.354 e. The maximum Gasteiger partial charge on any atom is 0.253 e. The Morgan fingerprint density at radius 1 is 1.03 bits per heavy atom. The van der Waals surface area contributed by atoms with E-state index in [-0.39, 0.29) is 12.1 Å². The van der Waals surface area contributed by atoms with Gasteiger partial charge in [-0.25, -0.2) is 4.98 Å². The smallest absolute Gasteiger partial charge is 0.253 e. The minimum absolute atomic E-state index is 0.00987. The molecule has 0 spiro atoms. The van der Waals surface area contributed by atoms with Crippen molar-refractivity contribution in [2.24, 2.45) is 5.73 Å². The summed E-state index contributed by atoms with van der Waals surface area (Å²) in [5, 5.41) is 4.11. The van der Waals surface area contributed by atoms with Gasteiger partial charge < -0.3 is 15.2 Å². The van der Waals surface area contributed by atoms with E-state index in [9.17, 15) is 4.79 Å².